The summed E-state index contributed by atoms with van der Waals surface area (Å²) in [5.41, 5.74) is 0.716. The molecule has 1 aliphatic heterocycles. The first-order valence-electron chi connectivity index (χ1n) is 5.25. The van der Waals surface area contributed by atoms with E-state index < -0.39 is 23.8 Å². The Balaban J connectivity index is 2.04. The van der Waals surface area contributed by atoms with Crippen LogP contribution in [0.4, 0.5) is 0 Å². The van der Waals surface area contributed by atoms with E-state index in [1.807, 2.05) is 0 Å². The van der Waals surface area contributed by atoms with Crippen molar-refractivity contribution in [1.29, 1.82) is 0 Å². The number of hydrogen-bond donors (Lipinski definition) is 2. The number of aryl methyl sites for hydroxylation is 1. The van der Waals surface area contributed by atoms with Crippen molar-refractivity contribution in [3.05, 3.63) is 23.7 Å². The van der Waals surface area contributed by atoms with Gasteiger partial charge < -0.3 is 19.6 Å². The molecule has 0 bridgehead atoms. The molecule has 1 amide bonds. The lowest BCUT2D eigenvalue weighted by Crippen LogP contribution is -2.42. The highest BCUT2D eigenvalue weighted by Crippen LogP contribution is 2.15. The van der Waals surface area contributed by atoms with E-state index in [-0.39, 0.29) is 19.0 Å². The summed E-state index contributed by atoms with van der Waals surface area (Å²) in [5.74, 6) is -1.87. The number of rotatable bonds is 3. The summed E-state index contributed by atoms with van der Waals surface area (Å²) in [6.45, 7) is 2.08. The molecule has 1 saturated heterocycles. The van der Waals surface area contributed by atoms with E-state index in [9.17, 15) is 9.59 Å². The van der Waals surface area contributed by atoms with Crippen LogP contribution in [-0.4, -0.2) is 36.2 Å². The zero-order chi connectivity index (χ0) is 12.4. The van der Waals surface area contributed by atoms with Crippen LogP contribution in [0.5, 0.6) is 0 Å². The number of ether oxygens (including phenoxy) is 1. The molecule has 2 unspecified atom stereocenters. The normalized spacial score (nSPS) is 23.6. The van der Waals surface area contributed by atoms with Crippen LogP contribution >= 0.6 is 0 Å². The van der Waals surface area contributed by atoms with Gasteiger partial charge in [0, 0.05) is 5.56 Å². The molecule has 2 heterocycles. The molecular weight excluding hydrogens is 226 g/mol. The number of amides is 1. The summed E-state index contributed by atoms with van der Waals surface area (Å²) in [7, 11) is 0. The second-order valence-electron chi connectivity index (χ2n) is 3.99. The minimum atomic E-state index is -0.969. The largest absolute Gasteiger partial charge is 0.481 e. The van der Waals surface area contributed by atoms with Gasteiger partial charge in [-0.3, -0.25) is 9.59 Å². The molecule has 92 valence electrons. The van der Waals surface area contributed by atoms with Gasteiger partial charge >= 0.3 is 5.97 Å². The Bertz CT molecular complexity index is 439. The van der Waals surface area contributed by atoms with Gasteiger partial charge in [-0.1, -0.05) is 0 Å². The van der Waals surface area contributed by atoms with Crippen molar-refractivity contribution >= 4 is 11.9 Å². The highest BCUT2D eigenvalue weighted by atomic mass is 16.5. The molecule has 0 radical (unpaired) electrons. The molecule has 0 spiro atoms. The molecule has 2 rings (SSSR count). The van der Waals surface area contributed by atoms with Gasteiger partial charge in [0.2, 0.25) is 0 Å². The van der Waals surface area contributed by atoms with Crippen molar-refractivity contribution in [3.63, 3.8) is 0 Å². The number of nitrogens with one attached hydrogen (secondary N) is 1. The maximum Gasteiger partial charge on any atom is 0.311 e. The maximum atomic E-state index is 11.8. The molecule has 0 aromatic carbocycles. The second kappa shape index (κ2) is 4.58. The van der Waals surface area contributed by atoms with E-state index in [2.05, 4.69) is 5.32 Å². The van der Waals surface area contributed by atoms with Crippen molar-refractivity contribution in [3.8, 4) is 0 Å². The van der Waals surface area contributed by atoms with Gasteiger partial charge in [0.05, 0.1) is 25.5 Å². The third-order valence-electron chi connectivity index (χ3n) is 2.78. The zero-order valence-corrected chi connectivity index (χ0v) is 9.30. The van der Waals surface area contributed by atoms with Crippen LogP contribution in [0.1, 0.15) is 16.1 Å². The van der Waals surface area contributed by atoms with Gasteiger partial charge in [0.1, 0.15) is 5.92 Å². The molecule has 6 heteroatoms. The third kappa shape index (κ3) is 2.31. The Morgan fingerprint density at radius 3 is 2.82 bits per heavy atom. The molecule has 2 atom stereocenters. The summed E-state index contributed by atoms with van der Waals surface area (Å²) < 4.78 is 10.1. The van der Waals surface area contributed by atoms with Crippen LogP contribution in [0.3, 0.4) is 0 Å². The molecule has 0 aliphatic carbocycles. The van der Waals surface area contributed by atoms with Crippen molar-refractivity contribution in [2.75, 3.05) is 13.2 Å². The minimum absolute atomic E-state index is 0.122. The van der Waals surface area contributed by atoms with Gasteiger partial charge in [0.15, 0.2) is 5.76 Å². The first-order chi connectivity index (χ1) is 8.09. The quantitative estimate of drug-likeness (QED) is 0.797. The zero-order valence-electron chi connectivity index (χ0n) is 9.30. The fourth-order valence-electron chi connectivity index (χ4n) is 1.78. The molecule has 1 fully saturated rings. The predicted molar refractivity (Wildman–Crippen MR) is 56.6 cm³/mol. The first kappa shape index (κ1) is 11.7. The van der Waals surface area contributed by atoms with Crippen molar-refractivity contribution in [1.82, 2.24) is 5.32 Å². The molecule has 0 saturated carbocycles. The summed E-state index contributed by atoms with van der Waals surface area (Å²) in [5, 5.41) is 11.5. The van der Waals surface area contributed by atoms with Crippen LogP contribution in [0.15, 0.2) is 16.7 Å². The Hall–Kier alpha value is -1.82. The summed E-state index contributed by atoms with van der Waals surface area (Å²) >= 11 is 0. The van der Waals surface area contributed by atoms with Crippen LogP contribution in [0.2, 0.25) is 0 Å². The number of carboxylic acid groups (broad SMARTS) is 1. The molecule has 6 nitrogen and oxygen atoms in total. The van der Waals surface area contributed by atoms with E-state index in [1.165, 1.54) is 6.26 Å². The molecule has 1 aliphatic rings. The highest BCUT2D eigenvalue weighted by molar-refractivity contribution is 5.93. The smallest absolute Gasteiger partial charge is 0.311 e. The molecule has 1 aromatic heterocycles. The lowest BCUT2D eigenvalue weighted by Gasteiger charge is -2.14. The topological polar surface area (TPSA) is 88.8 Å². The Morgan fingerprint density at radius 1 is 1.47 bits per heavy atom. The van der Waals surface area contributed by atoms with Gasteiger partial charge in [-0.15, -0.1) is 0 Å². The number of carbonyl (C=O) groups is 2. The molecule has 2 N–H and O–H groups in total. The van der Waals surface area contributed by atoms with Crippen LogP contribution in [0, 0.1) is 12.8 Å². The number of carbonyl (C=O) groups excluding carboxylic acids is 1. The lowest BCUT2D eigenvalue weighted by molar-refractivity contribution is -0.142. The SMILES string of the molecule is Cc1ccoc1C(=O)NC1COCC1C(=O)O. The summed E-state index contributed by atoms with van der Waals surface area (Å²) in [4.78, 5) is 22.7. The van der Waals surface area contributed by atoms with Crippen molar-refractivity contribution in [2.24, 2.45) is 5.92 Å². The van der Waals surface area contributed by atoms with Crippen molar-refractivity contribution < 1.29 is 23.8 Å². The predicted octanol–water partition coefficient (Wildman–Crippen LogP) is 0.417. The van der Waals surface area contributed by atoms with E-state index in [0.717, 1.165) is 0 Å². The molecule has 17 heavy (non-hydrogen) atoms. The van der Waals surface area contributed by atoms with Crippen molar-refractivity contribution in [2.45, 2.75) is 13.0 Å². The monoisotopic (exact) mass is 239 g/mol. The summed E-state index contributed by atoms with van der Waals surface area (Å²) in [6.07, 6.45) is 1.42. The fraction of sp³-hybridized carbons (Fsp3) is 0.455. The van der Waals surface area contributed by atoms with Gasteiger partial charge in [0.25, 0.3) is 5.91 Å². The van der Waals surface area contributed by atoms with E-state index in [4.69, 9.17) is 14.3 Å². The lowest BCUT2D eigenvalue weighted by atomic mass is 10.0. The van der Waals surface area contributed by atoms with E-state index >= 15 is 0 Å². The van der Waals surface area contributed by atoms with Gasteiger partial charge in [-0.25, -0.2) is 0 Å². The third-order valence-corrected chi connectivity index (χ3v) is 2.78. The Kier molecular flexibility index (Phi) is 3.14. The standard InChI is InChI=1S/C11H13NO5/c1-6-2-3-17-9(6)10(13)12-8-5-16-4-7(8)11(14)15/h2-3,7-8H,4-5H2,1H3,(H,12,13)(H,14,15). The molecule has 1 aromatic rings. The number of carboxylic acids is 1. The Labute approximate surface area is 97.6 Å². The number of hydrogen-bond acceptors (Lipinski definition) is 4. The second-order valence-corrected chi connectivity index (χ2v) is 3.99. The number of aliphatic carboxylic acids is 1. The fourth-order valence-corrected chi connectivity index (χ4v) is 1.78. The van der Waals surface area contributed by atoms with Crippen LogP contribution in [-0.2, 0) is 9.53 Å². The average Bonchev–Trinajstić information content (AvgIpc) is 2.86. The first-order valence-corrected chi connectivity index (χ1v) is 5.25. The highest BCUT2D eigenvalue weighted by Gasteiger charge is 2.35. The number of furan rings is 1. The Morgan fingerprint density at radius 2 is 2.24 bits per heavy atom. The van der Waals surface area contributed by atoms with Crippen LogP contribution in [0.25, 0.3) is 0 Å². The van der Waals surface area contributed by atoms with Gasteiger partial charge in [-0.05, 0) is 13.0 Å². The van der Waals surface area contributed by atoms with Crippen LogP contribution < -0.4 is 5.32 Å². The molecular formula is C11H13NO5. The van der Waals surface area contributed by atoms with E-state index in [1.54, 1.807) is 13.0 Å². The minimum Gasteiger partial charge on any atom is -0.481 e. The maximum absolute atomic E-state index is 11.8. The summed E-state index contributed by atoms with van der Waals surface area (Å²) in [6, 6.07) is 1.17. The average molecular weight is 239 g/mol. The van der Waals surface area contributed by atoms with E-state index in [0.29, 0.717) is 5.56 Å². The van der Waals surface area contributed by atoms with Gasteiger partial charge in [-0.2, -0.15) is 0 Å².